The van der Waals surface area contributed by atoms with E-state index in [4.69, 9.17) is 13.9 Å². The molecule has 1 aliphatic carbocycles. The van der Waals surface area contributed by atoms with Gasteiger partial charge in [0.05, 0.1) is 37.2 Å². The first kappa shape index (κ1) is 11.7. The Morgan fingerprint density at radius 3 is 2.83 bits per heavy atom. The lowest BCUT2D eigenvalue weighted by Gasteiger charge is -2.39. The van der Waals surface area contributed by atoms with Gasteiger partial charge in [0.25, 0.3) is 5.91 Å². The fourth-order valence-electron chi connectivity index (χ4n) is 2.66. The minimum Gasteiger partial charge on any atom is -0.472 e. The van der Waals surface area contributed by atoms with Crippen molar-refractivity contribution in [3.63, 3.8) is 0 Å². The Kier molecular flexibility index (Phi) is 3.34. The molecule has 18 heavy (non-hydrogen) atoms. The molecular formula is C13H17NO4. The normalized spacial score (nSPS) is 31.7. The number of rotatable bonds is 2. The summed E-state index contributed by atoms with van der Waals surface area (Å²) >= 11 is 0. The van der Waals surface area contributed by atoms with Gasteiger partial charge in [0.15, 0.2) is 0 Å². The minimum absolute atomic E-state index is 0.0797. The molecule has 1 amide bonds. The van der Waals surface area contributed by atoms with Crippen molar-refractivity contribution >= 4 is 5.91 Å². The summed E-state index contributed by atoms with van der Waals surface area (Å²) in [7, 11) is 0. The van der Waals surface area contributed by atoms with Crippen LogP contribution >= 0.6 is 0 Å². The molecule has 98 valence electrons. The topological polar surface area (TPSA) is 60.7 Å². The van der Waals surface area contributed by atoms with Crippen molar-refractivity contribution in [1.82, 2.24) is 5.32 Å². The lowest BCUT2D eigenvalue weighted by atomic mass is 9.89. The average Bonchev–Trinajstić information content (AvgIpc) is 2.92. The van der Waals surface area contributed by atoms with Crippen LogP contribution in [0.1, 0.15) is 29.6 Å². The van der Waals surface area contributed by atoms with Gasteiger partial charge in [0.1, 0.15) is 6.26 Å². The van der Waals surface area contributed by atoms with Crippen LogP contribution in [0.3, 0.4) is 0 Å². The molecule has 1 aromatic heterocycles. The fraction of sp³-hybridized carbons (Fsp3) is 0.615. The van der Waals surface area contributed by atoms with Crippen LogP contribution in [0.15, 0.2) is 23.0 Å². The molecule has 1 N–H and O–H groups in total. The molecule has 3 rings (SSSR count). The molecule has 5 nitrogen and oxygen atoms in total. The SMILES string of the molecule is O=C(NC1CCC2OCCOC2C1)c1ccoc1. The number of hydrogen-bond donors (Lipinski definition) is 1. The molecule has 0 radical (unpaired) electrons. The number of carbonyl (C=O) groups is 1. The van der Waals surface area contributed by atoms with E-state index in [1.807, 2.05) is 0 Å². The Hall–Kier alpha value is -1.33. The predicted octanol–water partition coefficient (Wildman–Crippen LogP) is 1.35. The molecule has 0 bridgehead atoms. The Morgan fingerprint density at radius 1 is 1.22 bits per heavy atom. The van der Waals surface area contributed by atoms with Gasteiger partial charge in [-0.05, 0) is 25.3 Å². The summed E-state index contributed by atoms with van der Waals surface area (Å²) in [5.74, 6) is -0.0797. The minimum atomic E-state index is -0.0797. The van der Waals surface area contributed by atoms with Crippen LogP contribution in [0.4, 0.5) is 0 Å². The molecule has 3 unspecified atom stereocenters. The van der Waals surface area contributed by atoms with E-state index in [0.717, 1.165) is 19.3 Å². The van der Waals surface area contributed by atoms with Crippen LogP contribution in [0.5, 0.6) is 0 Å². The molecule has 2 heterocycles. The monoisotopic (exact) mass is 251 g/mol. The number of hydrogen-bond acceptors (Lipinski definition) is 4. The molecule has 1 aromatic rings. The standard InChI is InChI=1S/C13H17NO4/c15-13(9-3-4-16-8-9)14-10-1-2-11-12(7-10)18-6-5-17-11/h3-4,8,10-12H,1-2,5-7H2,(H,14,15). The van der Waals surface area contributed by atoms with Crippen molar-refractivity contribution in [3.8, 4) is 0 Å². The smallest absolute Gasteiger partial charge is 0.254 e. The summed E-state index contributed by atoms with van der Waals surface area (Å²) in [4.78, 5) is 11.9. The lowest BCUT2D eigenvalue weighted by Crippen LogP contribution is -2.49. The number of fused-ring (bicyclic) bond motifs is 1. The summed E-state index contributed by atoms with van der Waals surface area (Å²) in [6.45, 7) is 1.34. The third kappa shape index (κ3) is 2.42. The highest BCUT2D eigenvalue weighted by Gasteiger charge is 2.34. The molecule has 2 fully saturated rings. The van der Waals surface area contributed by atoms with Gasteiger partial charge in [-0.2, -0.15) is 0 Å². The van der Waals surface area contributed by atoms with E-state index in [0.29, 0.717) is 18.8 Å². The number of carbonyl (C=O) groups excluding carboxylic acids is 1. The Morgan fingerprint density at radius 2 is 2.06 bits per heavy atom. The van der Waals surface area contributed by atoms with E-state index in [-0.39, 0.29) is 24.2 Å². The van der Waals surface area contributed by atoms with E-state index in [1.54, 1.807) is 6.07 Å². The highest BCUT2D eigenvalue weighted by molar-refractivity contribution is 5.93. The first-order chi connectivity index (χ1) is 8.83. The predicted molar refractivity (Wildman–Crippen MR) is 63.3 cm³/mol. The van der Waals surface area contributed by atoms with E-state index >= 15 is 0 Å². The van der Waals surface area contributed by atoms with Gasteiger partial charge in [-0.25, -0.2) is 0 Å². The maximum Gasteiger partial charge on any atom is 0.254 e. The molecule has 0 spiro atoms. The second kappa shape index (κ2) is 5.12. The largest absolute Gasteiger partial charge is 0.472 e. The third-order valence-electron chi connectivity index (χ3n) is 3.60. The Labute approximate surface area is 105 Å². The number of amides is 1. The van der Waals surface area contributed by atoms with Gasteiger partial charge in [-0.1, -0.05) is 0 Å². The second-order valence-electron chi connectivity index (χ2n) is 4.81. The van der Waals surface area contributed by atoms with Gasteiger partial charge in [0.2, 0.25) is 0 Å². The van der Waals surface area contributed by atoms with Crippen LogP contribution in [0, 0.1) is 0 Å². The summed E-state index contributed by atoms with van der Waals surface area (Å²) < 4.78 is 16.2. The van der Waals surface area contributed by atoms with E-state index in [1.165, 1.54) is 12.5 Å². The lowest BCUT2D eigenvalue weighted by molar-refractivity contribution is -0.157. The van der Waals surface area contributed by atoms with Crippen molar-refractivity contribution in [1.29, 1.82) is 0 Å². The zero-order chi connectivity index (χ0) is 12.4. The Balaban J connectivity index is 1.56. The van der Waals surface area contributed by atoms with Crippen LogP contribution in [-0.4, -0.2) is 37.4 Å². The van der Waals surface area contributed by atoms with Crippen molar-refractivity contribution in [2.75, 3.05) is 13.2 Å². The third-order valence-corrected chi connectivity index (χ3v) is 3.60. The van der Waals surface area contributed by atoms with E-state index < -0.39 is 0 Å². The quantitative estimate of drug-likeness (QED) is 0.861. The van der Waals surface area contributed by atoms with Gasteiger partial charge < -0.3 is 19.2 Å². The van der Waals surface area contributed by atoms with Crippen molar-refractivity contribution in [3.05, 3.63) is 24.2 Å². The Bertz CT molecular complexity index is 403. The van der Waals surface area contributed by atoms with Crippen molar-refractivity contribution < 1.29 is 18.7 Å². The molecule has 5 heteroatoms. The fourth-order valence-corrected chi connectivity index (χ4v) is 2.66. The summed E-state index contributed by atoms with van der Waals surface area (Å²) in [6.07, 6.45) is 6.01. The van der Waals surface area contributed by atoms with Gasteiger partial charge >= 0.3 is 0 Å². The summed E-state index contributed by atoms with van der Waals surface area (Å²) in [6, 6.07) is 1.83. The molecule has 3 atom stereocenters. The molecule has 1 saturated heterocycles. The molecule has 1 saturated carbocycles. The van der Waals surface area contributed by atoms with Crippen LogP contribution in [0.2, 0.25) is 0 Å². The first-order valence-corrected chi connectivity index (χ1v) is 6.39. The van der Waals surface area contributed by atoms with Crippen LogP contribution in [0.25, 0.3) is 0 Å². The van der Waals surface area contributed by atoms with Crippen molar-refractivity contribution in [2.24, 2.45) is 0 Å². The number of furan rings is 1. The summed E-state index contributed by atoms with van der Waals surface area (Å²) in [5, 5.41) is 3.02. The number of ether oxygens (including phenoxy) is 2. The zero-order valence-corrected chi connectivity index (χ0v) is 10.1. The zero-order valence-electron chi connectivity index (χ0n) is 10.1. The second-order valence-corrected chi connectivity index (χ2v) is 4.81. The van der Waals surface area contributed by atoms with E-state index in [9.17, 15) is 4.79 Å². The van der Waals surface area contributed by atoms with Gasteiger partial charge in [-0.3, -0.25) is 4.79 Å². The molecule has 0 aromatic carbocycles. The average molecular weight is 251 g/mol. The maximum atomic E-state index is 11.9. The maximum absolute atomic E-state index is 11.9. The first-order valence-electron chi connectivity index (χ1n) is 6.39. The van der Waals surface area contributed by atoms with Gasteiger partial charge in [0, 0.05) is 6.04 Å². The highest BCUT2D eigenvalue weighted by Crippen LogP contribution is 2.26. The van der Waals surface area contributed by atoms with Gasteiger partial charge in [-0.15, -0.1) is 0 Å². The highest BCUT2D eigenvalue weighted by atomic mass is 16.6. The molecule has 1 aliphatic heterocycles. The van der Waals surface area contributed by atoms with Crippen LogP contribution < -0.4 is 5.32 Å². The van der Waals surface area contributed by atoms with Crippen molar-refractivity contribution in [2.45, 2.75) is 37.5 Å². The number of nitrogens with one attached hydrogen (secondary N) is 1. The molecular weight excluding hydrogens is 234 g/mol. The summed E-state index contributed by atoms with van der Waals surface area (Å²) in [5.41, 5.74) is 0.568. The van der Waals surface area contributed by atoms with Crippen LogP contribution in [-0.2, 0) is 9.47 Å². The molecule has 2 aliphatic rings. The van der Waals surface area contributed by atoms with E-state index in [2.05, 4.69) is 5.32 Å².